The maximum absolute atomic E-state index is 9.58. The molecule has 0 aromatic heterocycles. The molecule has 0 saturated carbocycles. The van der Waals surface area contributed by atoms with Crippen molar-refractivity contribution >= 4 is 11.9 Å². The van der Waals surface area contributed by atoms with Crippen LogP contribution in [0.2, 0.25) is 0 Å². The van der Waals surface area contributed by atoms with E-state index >= 15 is 0 Å². The van der Waals surface area contributed by atoms with Crippen LogP contribution in [0.3, 0.4) is 0 Å². The van der Waals surface area contributed by atoms with Crippen molar-refractivity contribution in [3.05, 3.63) is 0 Å². The van der Waals surface area contributed by atoms with Crippen molar-refractivity contribution in [1.29, 1.82) is 0 Å². The van der Waals surface area contributed by atoms with Crippen molar-refractivity contribution in [1.82, 2.24) is 0 Å². The average molecular weight is 228 g/mol. The molecule has 0 heterocycles. The molecule has 0 amide bonds. The summed E-state index contributed by atoms with van der Waals surface area (Å²) in [5, 5.41) is 27.3. The van der Waals surface area contributed by atoms with Gasteiger partial charge in [-0.1, -0.05) is 0 Å². The second-order valence-electron chi connectivity index (χ2n) is 1.41. The molecule has 8 heteroatoms. The van der Waals surface area contributed by atoms with Crippen molar-refractivity contribution in [2.45, 2.75) is 12.5 Å². The summed E-state index contributed by atoms with van der Waals surface area (Å²) >= 11 is 0. The van der Waals surface area contributed by atoms with E-state index in [1.165, 1.54) is 0 Å². The third-order valence-electron chi connectivity index (χ3n) is 0.632. The van der Waals surface area contributed by atoms with Gasteiger partial charge in [0.1, 0.15) is 0 Å². The van der Waals surface area contributed by atoms with Gasteiger partial charge >= 0.3 is 103 Å². The number of carboxylic acids is 2. The molecule has 3 N–H and O–H groups in total. The molecule has 1 atom stereocenters. The number of aliphatic carboxylic acids is 2. The molecule has 12 heavy (non-hydrogen) atoms. The Balaban J connectivity index is -0.000000107. The standard InChI is InChI=1S/C4H6O5.2K.H2O/c5-2(4(8)9)1-3(6)7;;;/h2,5H,1H2,(H,6,7)(H,8,9);;;1H2/q;2*+1;/p-2. The molecule has 1 unspecified atom stereocenters. The first-order valence-corrected chi connectivity index (χ1v) is 2.13. The summed E-state index contributed by atoms with van der Waals surface area (Å²) < 4.78 is 0. The van der Waals surface area contributed by atoms with Crippen LogP contribution in [0.15, 0.2) is 0 Å². The minimum Gasteiger partial charge on any atom is -0.550 e. The molecule has 0 saturated heterocycles. The zero-order valence-electron chi connectivity index (χ0n) is 6.86. The molecule has 0 spiro atoms. The molecule has 6 nitrogen and oxygen atoms in total. The van der Waals surface area contributed by atoms with Gasteiger partial charge in [0.05, 0.1) is 12.1 Å². The van der Waals surface area contributed by atoms with Crippen LogP contribution >= 0.6 is 0 Å². The van der Waals surface area contributed by atoms with E-state index < -0.39 is 24.5 Å². The fourth-order valence-corrected chi connectivity index (χ4v) is 0.241. The predicted octanol–water partition coefficient (Wildman–Crippen LogP) is -10.6. The Labute approximate surface area is 154 Å². The van der Waals surface area contributed by atoms with Crippen molar-refractivity contribution in [3.8, 4) is 0 Å². The van der Waals surface area contributed by atoms with Gasteiger partial charge in [0.2, 0.25) is 0 Å². The van der Waals surface area contributed by atoms with Crippen LogP contribution in [0.1, 0.15) is 6.42 Å². The SMILES string of the molecule is O.O=C([O-])CC(O)C(=O)[O-].[K+].[K+]. The van der Waals surface area contributed by atoms with Gasteiger partial charge in [-0.05, 0) is 0 Å². The van der Waals surface area contributed by atoms with E-state index in [1.807, 2.05) is 0 Å². The Morgan fingerprint density at radius 2 is 1.58 bits per heavy atom. The first kappa shape index (κ1) is 23.7. The van der Waals surface area contributed by atoms with Crippen LogP contribution in [0, 0.1) is 0 Å². The van der Waals surface area contributed by atoms with Gasteiger partial charge in [0, 0.05) is 12.4 Å². The third-order valence-corrected chi connectivity index (χ3v) is 0.632. The van der Waals surface area contributed by atoms with E-state index in [0.29, 0.717) is 0 Å². The van der Waals surface area contributed by atoms with Gasteiger partial charge in [-0.25, -0.2) is 0 Å². The molecule has 0 radical (unpaired) electrons. The molecule has 60 valence electrons. The van der Waals surface area contributed by atoms with E-state index in [1.54, 1.807) is 0 Å². The summed E-state index contributed by atoms with van der Waals surface area (Å²) in [6.07, 6.45) is -2.89. The zero-order chi connectivity index (χ0) is 7.44. The van der Waals surface area contributed by atoms with Crippen LogP contribution in [0.25, 0.3) is 0 Å². The first-order valence-electron chi connectivity index (χ1n) is 2.13. The summed E-state index contributed by atoms with van der Waals surface area (Å²) in [6.45, 7) is 0. The minimum absolute atomic E-state index is 0. The van der Waals surface area contributed by atoms with Crippen molar-refractivity contribution in [2.75, 3.05) is 0 Å². The molecule has 0 aliphatic heterocycles. The Kier molecular flexibility index (Phi) is 26.0. The van der Waals surface area contributed by atoms with Gasteiger partial charge < -0.3 is 30.4 Å². The van der Waals surface area contributed by atoms with Crippen LogP contribution in [-0.2, 0) is 9.59 Å². The molecule has 0 aromatic carbocycles. The maximum Gasteiger partial charge on any atom is 1.00 e. The van der Waals surface area contributed by atoms with E-state index in [2.05, 4.69) is 0 Å². The van der Waals surface area contributed by atoms with Gasteiger partial charge in [-0.3, -0.25) is 0 Å². The number of rotatable bonds is 3. The molecule has 0 aliphatic carbocycles. The summed E-state index contributed by atoms with van der Waals surface area (Å²) in [7, 11) is 0. The third kappa shape index (κ3) is 14.6. The number of carboxylic acid groups (broad SMARTS) is 2. The smallest absolute Gasteiger partial charge is 0.550 e. The fraction of sp³-hybridized carbons (Fsp3) is 0.500. The van der Waals surface area contributed by atoms with Gasteiger partial charge in [-0.2, -0.15) is 0 Å². The Hall–Kier alpha value is 2.13. The predicted molar refractivity (Wildman–Crippen MR) is 24.3 cm³/mol. The molecule has 0 rings (SSSR count). The summed E-state index contributed by atoms with van der Waals surface area (Å²) in [4.78, 5) is 19.1. The number of aliphatic hydroxyl groups excluding tert-OH is 1. The molecular weight excluding hydrogens is 222 g/mol. The second kappa shape index (κ2) is 13.1. The average Bonchev–Trinajstić information content (AvgIpc) is 1.63. The van der Waals surface area contributed by atoms with E-state index in [4.69, 9.17) is 5.11 Å². The maximum atomic E-state index is 9.58. The minimum atomic E-state index is -1.96. The quantitative estimate of drug-likeness (QED) is 0.479. The molecular formula is C4H6K2O6. The number of carbonyl (C=O) groups excluding carboxylic acids is 2. The summed E-state index contributed by atoms with van der Waals surface area (Å²) in [5.41, 5.74) is 0. The monoisotopic (exact) mass is 228 g/mol. The first-order chi connectivity index (χ1) is 4.04. The number of hydrogen-bond donors (Lipinski definition) is 1. The number of aliphatic hydroxyl groups is 1. The van der Waals surface area contributed by atoms with Crippen molar-refractivity contribution in [2.24, 2.45) is 0 Å². The van der Waals surface area contributed by atoms with E-state index in [0.717, 1.165) is 0 Å². The zero-order valence-corrected chi connectivity index (χ0v) is 13.1. The molecule has 0 bridgehead atoms. The Morgan fingerprint density at radius 1 is 1.25 bits per heavy atom. The van der Waals surface area contributed by atoms with Crippen LogP contribution in [0.4, 0.5) is 0 Å². The van der Waals surface area contributed by atoms with E-state index in [9.17, 15) is 19.8 Å². The van der Waals surface area contributed by atoms with Gasteiger partial charge in [0.15, 0.2) is 0 Å². The van der Waals surface area contributed by atoms with Crippen molar-refractivity contribution in [3.63, 3.8) is 0 Å². The van der Waals surface area contributed by atoms with Crippen LogP contribution < -0.4 is 113 Å². The molecule has 0 fully saturated rings. The summed E-state index contributed by atoms with van der Waals surface area (Å²) in [5.74, 6) is -3.43. The van der Waals surface area contributed by atoms with Crippen LogP contribution in [-0.4, -0.2) is 28.6 Å². The normalized spacial score (nSPS) is 9.42. The van der Waals surface area contributed by atoms with Gasteiger partial charge in [0.25, 0.3) is 0 Å². The fourth-order valence-electron chi connectivity index (χ4n) is 0.241. The Bertz CT molecular complexity index is 138. The van der Waals surface area contributed by atoms with Crippen LogP contribution in [0.5, 0.6) is 0 Å². The number of hydrogen-bond acceptors (Lipinski definition) is 5. The van der Waals surface area contributed by atoms with E-state index in [-0.39, 0.29) is 108 Å². The topological polar surface area (TPSA) is 132 Å². The van der Waals surface area contributed by atoms with Crippen molar-refractivity contribution < 1.29 is 133 Å². The Morgan fingerprint density at radius 3 is 1.67 bits per heavy atom. The second-order valence-corrected chi connectivity index (χ2v) is 1.41. The van der Waals surface area contributed by atoms with Gasteiger partial charge in [-0.15, -0.1) is 0 Å². The number of carbonyl (C=O) groups is 2. The summed E-state index contributed by atoms with van der Waals surface area (Å²) in [6, 6.07) is 0. The largest absolute Gasteiger partial charge is 1.00 e. The molecule has 0 aliphatic rings. The molecule has 0 aromatic rings.